The number of benzene rings is 1. The maximum atomic E-state index is 13.7. The van der Waals surface area contributed by atoms with Gasteiger partial charge in [0.2, 0.25) is 5.91 Å². The number of nitrogens with one attached hydrogen (secondary N) is 1. The molecule has 3 N–H and O–H groups in total. The van der Waals surface area contributed by atoms with Crippen LogP contribution in [0.15, 0.2) is 18.2 Å². The number of carbonyl (C=O) groups excluding carboxylic acids is 1. The van der Waals surface area contributed by atoms with Crippen LogP contribution in [0.4, 0.5) is 10.1 Å². The van der Waals surface area contributed by atoms with Crippen LogP contribution < -0.4 is 11.1 Å². The van der Waals surface area contributed by atoms with Crippen molar-refractivity contribution < 1.29 is 13.9 Å². The van der Waals surface area contributed by atoms with E-state index in [1.54, 1.807) is 6.92 Å². The Balaban J connectivity index is 0.00000144. The van der Waals surface area contributed by atoms with Crippen LogP contribution in [0.2, 0.25) is 0 Å². The molecule has 1 amide bonds. The van der Waals surface area contributed by atoms with E-state index in [1.807, 2.05) is 0 Å². The van der Waals surface area contributed by atoms with E-state index in [4.69, 9.17) is 10.5 Å². The number of rotatable bonds is 1. The molecule has 1 aliphatic rings. The first-order valence-corrected chi connectivity index (χ1v) is 4.95. The summed E-state index contributed by atoms with van der Waals surface area (Å²) in [6.07, 6.45) is 0. The Hall–Kier alpha value is -1.33. The highest BCUT2D eigenvalue weighted by molar-refractivity contribution is 5.85. The van der Waals surface area contributed by atoms with E-state index in [1.165, 1.54) is 18.2 Å². The molecule has 1 saturated heterocycles. The van der Waals surface area contributed by atoms with Crippen molar-refractivity contribution in [2.75, 3.05) is 18.9 Å². The first-order chi connectivity index (χ1) is 7.51. The topological polar surface area (TPSA) is 64.3 Å². The summed E-state index contributed by atoms with van der Waals surface area (Å²) in [5, 5.41) is 2.72. The van der Waals surface area contributed by atoms with Crippen LogP contribution in [0, 0.1) is 5.82 Å². The minimum absolute atomic E-state index is 0. The Labute approximate surface area is 105 Å². The summed E-state index contributed by atoms with van der Waals surface area (Å²) >= 11 is 0. The monoisotopic (exact) mass is 260 g/mol. The molecule has 2 rings (SSSR count). The van der Waals surface area contributed by atoms with Gasteiger partial charge >= 0.3 is 0 Å². The molecule has 0 unspecified atom stereocenters. The normalized spacial score (nSPS) is 23.8. The highest BCUT2D eigenvalue weighted by atomic mass is 35.5. The lowest BCUT2D eigenvalue weighted by molar-refractivity contribution is -0.135. The Morgan fingerprint density at radius 3 is 2.88 bits per heavy atom. The molecule has 0 aliphatic carbocycles. The van der Waals surface area contributed by atoms with Gasteiger partial charge < -0.3 is 15.8 Å². The lowest BCUT2D eigenvalue weighted by Crippen LogP contribution is -2.53. The number of carbonyl (C=O) groups is 1. The minimum atomic E-state index is -0.852. The molecule has 1 atom stereocenters. The quantitative estimate of drug-likeness (QED) is 0.746. The largest absolute Gasteiger partial charge is 0.399 e. The van der Waals surface area contributed by atoms with Gasteiger partial charge in [0.15, 0.2) is 0 Å². The fourth-order valence-corrected chi connectivity index (χ4v) is 1.84. The lowest BCUT2D eigenvalue weighted by Gasteiger charge is -2.35. The van der Waals surface area contributed by atoms with Crippen molar-refractivity contribution in [1.82, 2.24) is 5.32 Å². The van der Waals surface area contributed by atoms with Gasteiger partial charge in [-0.15, -0.1) is 12.4 Å². The summed E-state index contributed by atoms with van der Waals surface area (Å²) in [7, 11) is 0. The SMILES string of the molecule is C[C@@]1(c2cc(N)ccc2F)COCC(=O)N1.Cl. The fraction of sp³-hybridized carbons (Fsp3) is 0.364. The second-order valence-electron chi connectivity index (χ2n) is 4.11. The molecule has 1 fully saturated rings. The van der Waals surface area contributed by atoms with Crippen molar-refractivity contribution >= 4 is 24.0 Å². The van der Waals surface area contributed by atoms with Crippen LogP contribution in [-0.2, 0) is 15.1 Å². The lowest BCUT2D eigenvalue weighted by atomic mass is 9.91. The molecule has 94 valence electrons. The predicted molar refractivity (Wildman–Crippen MR) is 64.4 cm³/mol. The number of anilines is 1. The van der Waals surface area contributed by atoms with Gasteiger partial charge in [-0.3, -0.25) is 4.79 Å². The Morgan fingerprint density at radius 1 is 1.53 bits per heavy atom. The van der Waals surface area contributed by atoms with Crippen molar-refractivity contribution in [3.05, 3.63) is 29.6 Å². The molecule has 4 nitrogen and oxygen atoms in total. The Morgan fingerprint density at radius 2 is 2.24 bits per heavy atom. The highest BCUT2D eigenvalue weighted by Crippen LogP contribution is 2.27. The first kappa shape index (κ1) is 13.7. The van der Waals surface area contributed by atoms with Crippen molar-refractivity contribution in [3.8, 4) is 0 Å². The zero-order valence-corrected chi connectivity index (χ0v) is 10.1. The fourth-order valence-electron chi connectivity index (χ4n) is 1.84. The number of ether oxygens (including phenoxy) is 1. The van der Waals surface area contributed by atoms with Crippen LogP contribution in [-0.4, -0.2) is 19.1 Å². The molecule has 0 radical (unpaired) electrons. The number of nitrogen functional groups attached to an aromatic ring is 1. The van der Waals surface area contributed by atoms with Crippen LogP contribution in [0.5, 0.6) is 0 Å². The van der Waals surface area contributed by atoms with E-state index in [2.05, 4.69) is 5.32 Å². The van der Waals surface area contributed by atoms with E-state index in [-0.39, 0.29) is 31.5 Å². The Bertz CT molecular complexity index is 441. The van der Waals surface area contributed by atoms with Gasteiger partial charge in [-0.2, -0.15) is 0 Å². The molecule has 1 aliphatic heterocycles. The summed E-state index contributed by atoms with van der Waals surface area (Å²) in [4.78, 5) is 11.3. The van der Waals surface area contributed by atoms with Gasteiger partial charge in [0, 0.05) is 11.3 Å². The van der Waals surface area contributed by atoms with Crippen molar-refractivity contribution in [2.24, 2.45) is 0 Å². The molecule has 1 aromatic rings. The Kier molecular flexibility index (Phi) is 3.95. The summed E-state index contributed by atoms with van der Waals surface area (Å²) in [6.45, 7) is 1.96. The van der Waals surface area contributed by atoms with Gasteiger partial charge in [-0.25, -0.2) is 4.39 Å². The zero-order valence-electron chi connectivity index (χ0n) is 9.33. The van der Waals surface area contributed by atoms with Crippen molar-refractivity contribution in [1.29, 1.82) is 0 Å². The molecular weight excluding hydrogens is 247 g/mol. The maximum Gasteiger partial charge on any atom is 0.246 e. The van der Waals surface area contributed by atoms with Gasteiger partial charge in [0.1, 0.15) is 12.4 Å². The van der Waals surface area contributed by atoms with E-state index in [0.29, 0.717) is 11.3 Å². The van der Waals surface area contributed by atoms with Crippen LogP contribution in [0.3, 0.4) is 0 Å². The standard InChI is InChI=1S/C11H13FN2O2.ClH/c1-11(6-16-5-10(15)14-11)8-4-7(13)2-3-9(8)12;/h2-4H,5-6,13H2,1H3,(H,14,15);1H/t11-;/m0./s1. The maximum absolute atomic E-state index is 13.7. The van der Waals surface area contributed by atoms with Gasteiger partial charge in [-0.05, 0) is 25.1 Å². The molecule has 0 saturated carbocycles. The highest BCUT2D eigenvalue weighted by Gasteiger charge is 2.35. The third-order valence-corrected chi connectivity index (χ3v) is 2.62. The van der Waals surface area contributed by atoms with Gasteiger partial charge in [0.25, 0.3) is 0 Å². The summed E-state index contributed by atoms with van der Waals surface area (Å²) in [5.41, 5.74) is 5.56. The van der Waals surface area contributed by atoms with Crippen LogP contribution in [0.1, 0.15) is 12.5 Å². The smallest absolute Gasteiger partial charge is 0.246 e. The second kappa shape index (κ2) is 4.89. The summed E-state index contributed by atoms with van der Waals surface area (Å²) < 4.78 is 18.8. The number of halogens is 2. The average molecular weight is 261 g/mol. The summed E-state index contributed by atoms with van der Waals surface area (Å²) in [5.74, 6) is -0.655. The number of morpholine rings is 1. The predicted octanol–water partition coefficient (Wildman–Crippen LogP) is 1.19. The van der Waals surface area contributed by atoms with E-state index in [0.717, 1.165) is 0 Å². The van der Waals surface area contributed by atoms with Crippen LogP contribution in [0.25, 0.3) is 0 Å². The second-order valence-corrected chi connectivity index (χ2v) is 4.11. The molecule has 1 heterocycles. The summed E-state index contributed by atoms with van der Waals surface area (Å²) in [6, 6.07) is 4.29. The van der Waals surface area contributed by atoms with E-state index < -0.39 is 11.4 Å². The molecule has 6 heteroatoms. The number of hydrogen-bond acceptors (Lipinski definition) is 3. The van der Waals surface area contributed by atoms with Crippen LogP contribution >= 0.6 is 12.4 Å². The van der Waals surface area contributed by atoms with E-state index >= 15 is 0 Å². The molecule has 1 aromatic carbocycles. The molecule has 0 spiro atoms. The molecular formula is C11H14ClFN2O2. The van der Waals surface area contributed by atoms with Gasteiger partial charge in [-0.1, -0.05) is 0 Å². The van der Waals surface area contributed by atoms with Crippen molar-refractivity contribution in [3.63, 3.8) is 0 Å². The minimum Gasteiger partial charge on any atom is -0.399 e. The molecule has 0 bridgehead atoms. The third-order valence-electron chi connectivity index (χ3n) is 2.62. The number of nitrogens with two attached hydrogens (primary N) is 1. The first-order valence-electron chi connectivity index (χ1n) is 4.95. The molecule has 0 aromatic heterocycles. The third kappa shape index (κ3) is 2.68. The zero-order chi connectivity index (χ0) is 11.8. The van der Waals surface area contributed by atoms with E-state index in [9.17, 15) is 9.18 Å². The van der Waals surface area contributed by atoms with Crippen molar-refractivity contribution in [2.45, 2.75) is 12.5 Å². The number of amides is 1. The average Bonchev–Trinajstić information content (AvgIpc) is 2.21. The molecule has 17 heavy (non-hydrogen) atoms. The van der Waals surface area contributed by atoms with Gasteiger partial charge in [0.05, 0.1) is 12.1 Å². The number of hydrogen-bond donors (Lipinski definition) is 2.